The summed E-state index contributed by atoms with van der Waals surface area (Å²) in [7, 11) is -1.80. The summed E-state index contributed by atoms with van der Waals surface area (Å²) in [6, 6.07) is 5.61. The molecule has 2 heterocycles. The Morgan fingerprint density at radius 3 is 2.04 bits per heavy atom. The first-order valence-corrected chi connectivity index (χ1v) is 12.3. The maximum Gasteiger partial charge on any atom is 0.498 e. The van der Waals surface area contributed by atoms with E-state index in [1.807, 2.05) is 33.8 Å². The molecule has 0 spiro atoms. The number of fused-ring (bicyclic) bond motifs is 1. The standard InChI is InChI=1S/C20H31BFNO2Si/c1-18(2,3)23-15-11-10-14(22)17(13(15)12-16(23)26(8)9)21-24-19(4,5)20(6,7)25-21/h10-12,26H,1-9H3. The van der Waals surface area contributed by atoms with E-state index in [9.17, 15) is 4.39 Å². The summed E-state index contributed by atoms with van der Waals surface area (Å²) in [5.41, 5.74) is 0.530. The molecule has 0 unspecified atom stereocenters. The third-order valence-corrected chi connectivity index (χ3v) is 7.36. The van der Waals surface area contributed by atoms with E-state index in [1.165, 1.54) is 5.32 Å². The van der Waals surface area contributed by atoms with Gasteiger partial charge in [-0.3, -0.25) is 0 Å². The second-order valence-corrected chi connectivity index (χ2v) is 12.6. The van der Waals surface area contributed by atoms with E-state index in [0.717, 1.165) is 10.9 Å². The minimum Gasteiger partial charge on any atom is -0.399 e. The SMILES string of the molecule is C[SiH](C)c1cc2c(B3OC(C)(C)C(C)(C)O3)c(F)ccc2n1C(C)(C)C. The zero-order valence-electron chi connectivity index (χ0n) is 17.5. The van der Waals surface area contributed by atoms with Crippen molar-refractivity contribution in [3.63, 3.8) is 0 Å². The maximum absolute atomic E-state index is 15.0. The number of halogens is 1. The number of hydrogen-bond donors (Lipinski definition) is 0. The summed E-state index contributed by atoms with van der Waals surface area (Å²) in [6.07, 6.45) is 0. The zero-order valence-corrected chi connectivity index (χ0v) is 18.7. The number of hydrogen-bond acceptors (Lipinski definition) is 2. The normalized spacial score (nSPS) is 19.7. The van der Waals surface area contributed by atoms with Crippen LogP contribution in [0.3, 0.4) is 0 Å². The molecule has 3 nitrogen and oxygen atoms in total. The van der Waals surface area contributed by atoms with Crippen molar-refractivity contribution in [3.8, 4) is 0 Å². The predicted molar refractivity (Wildman–Crippen MR) is 111 cm³/mol. The van der Waals surface area contributed by atoms with Crippen molar-refractivity contribution in [3.05, 3.63) is 24.0 Å². The Bertz CT molecular complexity index is 836. The molecule has 6 heteroatoms. The van der Waals surface area contributed by atoms with Gasteiger partial charge < -0.3 is 13.9 Å². The summed E-state index contributed by atoms with van der Waals surface area (Å²) in [5, 5.41) is 2.24. The first-order chi connectivity index (χ1) is 11.8. The largest absolute Gasteiger partial charge is 0.498 e. The van der Waals surface area contributed by atoms with Gasteiger partial charge in [0.2, 0.25) is 0 Å². The molecule has 0 aliphatic carbocycles. The van der Waals surface area contributed by atoms with Crippen molar-refractivity contribution in [2.24, 2.45) is 0 Å². The first kappa shape index (κ1) is 19.6. The fourth-order valence-electron chi connectivity index (χ4n) is 3.67. The van der Waals surface area contributed by atoms with Crippen LogP contribution in [0.25, 0.3) is 10.9 Å². The van der Waals surface area contributed by atoms with Crippen LogP contribution >= 0.6 is 0 Å². The van der Waals surface area contributed by atoms with E-state index >= 15 is 0 Å². The highest BCUT2D eigenvalue weighted by Crippen LogP contribution is 2.37. The minimum atomic E-state index is -1.11. The third kappa shape index (κ3) is 2.96. The summed E-state index contributed by atoms with van der Waals surface area (Å²) in [6.45, 7) is 19.2. The summed E-state index contributed by atoms with van der Waals surface area (Å²) in [5.74, 6) is -0.265. The molecule has 142 valence electrons. The molecular weight excluding hydrogens is 344 g/mol. The van der Waals surface area contributed by atoms with Gasteiger partial charge in [0.05, 0.1) is 20.0 Å². The van der Waals surface area contributed by atoms with Crippen LogP contribution in [-0.4, -0.2) is 31.7 Å². The maximum atomic E-state index is 15.0. The average Bonchev–Trinajstić information content (AvgIpc) is 2.93. The van der Waals surface area contributed by atoms with Gasteiger partial charge in [0.15, 0.2) is 0 Å². The number of benzene rings is 1. The number of rotatable bonds is 2. The summed E-state index contributed by atoms with van der Waals surface area (Å²) < 4.78 is 29.7. The topological polar surface area (TPSA) is 23.4 Å². The lowest BCUT2D eigenvalue weighted by atomic mass is 9.76. The number of aromatic nitrogens is 1. The Balaban J connectivity index is 2.27. The van der Waals surface area contributed by atoms with Crippen LogP contribution in [0.15, 0.2) is 18.2 Å². The van der Waals surface area contributed by atoms with Gasteiger partial charge in [-0.05, 0) is 72.0 Å². The van der Waals surface area contributed by atoms with Crippen molar-refractivity contribution in [1.29, 1.82) is 0 Å². The smallest absolute Gasteiger partial charge is 0.399 e. The highest BCUT2D eigenvalue weighted by Gasteiger charge is 2.53. The van der Waals surface area contributed by atoms with E-state index in [1.54, 1.807) is 6.07 Å². The lowest BCUT2D eigenvalue weighted by Crippen LogP contribution is -2.41. The van der Waals surface area contributed by atoms with Crippen molar-refractivity contribution in [2.75, 3.05) is 0 Å². The zero-order chi connectivity index (χ0) is 19.7. The Labute approximate surface area is 158 Å². The van der Waals surface area contributed by atoms with Crippen LogP contribution in [-0.2, 0) is 14.8 Å². The van der Waals surface area contributed by atoms with Gasteiger partial charge in [0.1, 0.15) is 5.82 Å². The Hall–Kier alpha value is -1.11. The Kier molecular flexibility index (Phi) is 4.49. The molecule has 1 aliphatic heterocycles. The van der Waals surface area contributed by atoms with Crippen LogP contribution in [0, 0.1) is 5.82 Å². The van der Waals surface area contributed by atoms with E-state index in [-0.39, 0.29) is 11.4 Å². The summed E-state index contributed by atoms with van der Waals surface area (Å²) >= 11 is 0. The van der Waals surface area contributed by atoms with E-state index < -0.39 is 27.1 Å². The first-order valence-electron chi connectivity index (χ1n) is 9.46. The Morgan fingerprint density at radius 1 is 1.04 bits per heavy atom. The molecule has 0 bridgehead atoms. The van der Waals surface area contributed by atoms with Crippen molar-refractivity contribution >= 4 is 37.6 Å². The van der Waals surface area contributed by atoms with E-state index in [0.29, 0.717) is 5.46 Å². The van der Waals surface area contributed by atoms with Crippen molar-refractivity contribution < 1.29 is 13.7 Å². The van der Waals surface area contributed by atoms with Gasteiger partial charge in [0.25, 0.3) is 0 Å². The molecule has 1 aromatic heterocycles. The highest BCUT2D eigenvalue weighted by atomic mass is 28.3. The van der Waals surface area contributed by atoms with Crippen molar-refractivity contribution in [2.45, 2.75) is 78.3 Å². The van der Waals surface area contributed by atoms with Gasteiger partial charge in [-0.15, -0.1) is 0 Å². The average molecular weight is 375 g/mol. The lowest BCUT2D eigenvalue weighted by molar-refractivity contribution is 0.00578. The lowest BCUT2D eigenvalue weighted by Gasteiger charge is -2.32. The molecule has 1 aromatic carbocycles. The van der Waals surface area contributed by atoms with Crippen molar-refractivity contribution in [1.82, 2.24) is 4.57 Å². The second kappa shape index (κ2) is 5.94. The van der Waals surface area contributed by atoms with Crippen LogP contribution in [0.4, 0.5) is 4.39 Å². The van der Waals surface area contributed by atoms with E-state index in [2.05, 4.69) is 44.5 Å². The Morgan fingerprint density at radius 2 is 1.58 bits per heavy atom. The van der Waals surface area contributed by atoms with Crippen LogP contribution in [0.5, 0.6) is 0 Å². The molecule has 1 fully saturated rings. The second-order valence-electron chi connectivity index (χ2n) is 9.71. The highest BCUT2D eigenvalue weighted by molar-refractivity contribution is 6.71. The van der Waals surface area contributed by atoms with Gasteiger partial charge >= 0.3 is 7.12 Å². The van der Waals surface area contributed by atoms with E-state index in [4.69, 9.17) is 9.31 Å². The third-order valence-electron chi connectivity index (χ3n) is 5.75. The molecular formula is C20H31BFNO2Si. The minimum absolute atomic E-state index is 0.0701. The molecule has 0 amide bonds. The molecule has 3 rings (SSSR count). The van der Waals surface area contributed by atoms with Crippen LogP contribution in [0.2, 0.25) is 13.1 Å². The molecule has 1 aliphatic rings. The number of nitrogens with zero attached hydrogens (tertiary/aromatic N) is 1. The molecule has 0 atom stereocenters. The van der Waals surface area contributed by atoms with Crippen LogP contribution in [0.1, 0.15) is 48.5 Å². The molecule has 26 heavy (non-hydrogen) atoms. The van der Waals surface area contributed by atoms with Gasteiger partial charge in [0, 0.05) is 21.9 Å². The van der Waals surface area contributed by atoms with Crippen LogP contribution < -0.4 is 10.8 Å². The molecule has 1 saturated heterocycles. The van der Waals surface area contributed by atoms with Gasteiger partial charge in [-0.1, -0.05) is 13.1 Å². The summed E-state index contributed by atoms with van der Waals surface area (Å²) in [4.78, 5) is 0. The molecule has 0 saturated carbocycles. The molecule has 0 N–H and O–H groups in total. The molecule has 2 aromatic rings. The van der Waals surface area contributed by atoms with Gasteiger partial charge in [-0.2, -0.15) is 0 Å². The quantitative estimate of drug-likeness (QED) is 0.750. The monoisotopic (exact) mass is 375 g/mol. The fourth-order valence-corrected chi connectivity index (χ4v) is 5.21. The predicted octanol–water partition coefficient (Wildman–Crippen LogP) is 3.53. The fraction of sp³-hybridized carbons (Fsp3) is 0.600. The van der Waals surface area contributed by atoms with Gasteiger partial charge in [-0.25, -0.2) is 4.39 Å². The molecule has 0 radical (unpaired) electrons.